The second-order valence-corrected chi connectivity index (χ2v) is 9.37. The van der Waals surface area contributed by atoms with E-state index in [9.17, 15) is 19.5 Å². The van der Waals surface area contributed by atoms with Crippen LogP contribution in [0.5, 0.6) is 0 Å². The molecule has 0 bridgehead atoms. The fraction of sp³-hybridized carbons (Fsp3) is 0.864. The van der Waals surface area contributed by atoms with Crippen LogP contribution < -0.4 is 27.0 Å². The van der Waals surface area contributed by atoms with Crippen LogP contribution in [0.3, 0.4) is 0 Å². The van der Waals surface area contributed by atoms with E-state index in [-0.39, 0.29) is 29.6 Å². The van der Waals surface area contributed by atoms with Gasteiger partial charge in [0.15, 0.2) is 5.78 Å². The van der Waals surface area contributed by atoms with Gasteiger partial charge in [-0.1, -0.05) is 27.7 Å². The van der Waals surface area contributed by atoms with E-state index < -0.39 is 24.1 Å². The molecule has 1 fully saturated rings. The molecule has 0 radical (unpaired) electrons. The van der Waals surface area contributed by atoms with Gasteiger partial charge in [-0.05, 0) is 45.2 Å². The van der Waals surface area contributed by atoms with Crippen LogP contribution in [0.15, 0.2) is 0 Å². The molecule has 0 aliphatic carbocycles. The molecule has 2 amide bonds. The summed E-state index contributed by atoms with van der Waals surface area (Å²) in [6.45, 7) is 11.9. The van der Waals surface area contributed by atoms with Crippen molar-refractivity contribution in [1.29, 1.82) is 0 Å². The first-order chi connectivity index (χ1) is 14.6. The maximum absolute atomic E-state index is 12.8. The number of carbonyl (C=O) groups excluding carboxylic acids is 3. The molecular formula is C22H43N5O4. The zero-order chi connectivity index (χ0) is 23.6. The van der Waals surface area contributed by atoms with Gasteiger partial charge in [-0.2, -0.15) is 0 Å². The third-order valence-corrected chi connectivity index (χ3v) is 5.52. The van der Waals surface area contributed by atoms with Gasteiger partial charge in [0.25, 0.3) is 0 Å². The van der Waals surface area contributed by atoms with Crippen molar-refractivity contribution in [2.75, 3.05) is 26.2 Å². The Morgan fingerprint density at radius 3 is 2.32 bits per heavy atom. The number of Topliss-reactive ketones (excluding diaryl/α,β-unsaturated/α-hetero) is 1. The van der Waals surface area contributed by atoms with E-state index in [0.29, 0.717) is 38.3 Å². The molecule has 2 unspecified atom stereocenters. The number of aliphatic hydroxyl groups is 1. The van der Waals surface area contributed by atoms with Gasteiger partial charge in [-0.15, -0.1) is 0 Å². The summed E-state index contributed by atoms with van der Waals surface area (Å²) in [5.74, 6) is -0.966. The summed E-state index contributed by atoms with van der Waals surface area (Å²) in [5.41, 5.74) is 5.56. The largest absolute Gasteiger partial charge is 0.391 e. The molecule has 0 aromatic carbocycles. The number of carbonyl (C=O) groups is 3. The summed E-state index contributed by atoms with van der Waals surface area (Å²) in [6, 6.07) is -1.64. The first-order valence-corrected chi connectivity index (χ1v) is 11.5. The Kier molecular flexibility index (Phi) is 12.2. The number of amides is 2. The Morgan fingerprint density at radius 2 is 1.77 bits per heavy atom. The van der Waals surface area contributed by atoms with Crippen LogP contribution in [-0.4, -0.2) is 73.1 Å². The summed E-state index contributed by atoms with van der Waals surface area (Å²) in [4.78, 5) is 38.2. The lowest BCUT2D eigenvalue weighted by Crippen LogP contribution is -2.59. The highest BCUT2D eigenvalue weighted by Gasteiger charge is 2.33. The molecule has 0 spiro atoms. The number of rotatable bonds is 13. The molecule has 5 atom stereocenters. The van der Waals surface area contributed by atoms with Crippen molar-refractivity contribution in [3.63, 3.8) is 0 Å². The molecule has 1 aliphatic heterocycles. The van der Waals surface area contributed by atoms with Crippen molar-refractivity contribution >= 4 is 17.6 Å². The summed E-state index contributed by atoms with van der Waals surface area (Å²) in [7, 11) is 0. The molecule has 9 nitrogen and oxygen atoms in total. The molecule has 1 rings (SSSR count). The molecule has 1 aliphatic rings. The monoisotopic (exact) mass is 441 g/mol. The average Bonchev–Trinajstić information content (AvgIpc) is 2.72. The summed E-state index contributed by atoms with van der Waals surface area (Å²) in [5, 5.41) is 22.3. The highest BCUT2D eigenvalue weighted by Crippen LogP contribution is 2.13. The zero-order valence-corrected chi connectivity index (χ0v) is 19.7. The van der Waals surface area contributed by atoms with Crippen molar-refractivity contribution < 1.29 is 19.5 Å². The Balaban J connectivity index is 2.75. The highest BCUT2D eigenvalue weighted by atomic mass is 16.3. The third kappa shape index (κ3) is 9.64. The van der Waals surface area contributed by atoms with Crippen LogP contribution in [0.25, 0.3) is 0 Å². The Bertz CT molecular complexity index is 582. The van der Waals surface area contributed by atoms with Crippen molar-refractivity contribution in [3.8, 4) is 0 Å². The zero-order valence-electron chi connectivity index (χ0n) is 19.7. The first kappa shape index (κ1) is 27.5. The molecule has 31 heavy (non-hydrogen) atoms. The van der Waals surface area contributed by atoms with Gasteiger partial charge in [0.1, 0.15) is 6.04 Å². The number of hydrogen-bond acceptors (Lipinski definition) is 7. The van der Waals surface area contributed by atoms with Gasteiger partial charge in [0.05, 0.1) is 18.1 Å². The fourth-order valence-corrected chi connectivity index (χ4v) is 3.65. The van der Waals surface area contributed by atoms with Crippen LogP contribution in [0.2, 0.25) is 0 Å². The van der Waals surface area contributed by atoms with Crippen molar-refractivity contribution in [2.24, 2.45) is 23.5 Å². The first-order valence-electron chi connectivity index (χ1n) is 11.5. The molecule has 0 aromatic rings. The number of piperidine rings is 1. The van der Waals surface area contributed by atoms with E-state index in [1.165, 1.54) is 6.92 Å². The summed E-state index contributed by atoms with van der Waals surface area (Å²) in [6.07, 6.45) is 0.577. The van der Waals surface area contributed by atoms with Gasteiger partial charge in [0.2, 0.25) is 11.8 Å². The number of nitrogens with two attached hydrogens (primary N) is 1. The minimum Gasteiger partial charge on any atom is -0.391 e. The van der Waals surface area contributed by atoms with Crippen LogP contribution in [0, 0.1) is 17.8 Å². The highest BCUT2D eigenvalue weighted by molar-refractivity contribution is 5.94. The van der Waals surface area contributed by atoms with Crippen LogP contribution in [0.1, 0.15) is 53.9 Å². The molecule has 1 saturated heterocycles. The second-order valence-electron chi connectivity index (χ2n) is 9.37. The lowest BCUT2D eigenvalue weighted by atomic mass is 9.93. The topological polar surface area (TPSA) is 146 Å². The molecule has 1 heterocycles. The number of ketones is 1. The third-order valence-electron chi connectivity index (χ3n) is 5.52. The van der Waals surface area contributed by atoms with Crippen LogP contribution in [0.4, 0.5) is 0 Å². The minimum atomic E-state index is -1.13. The predicted molar refractivity (Wildman–Crippen MR) is 121 cm³/mol. The van der Waals surface area contributed by atoms with Crippen LogP contribution >= 0.6 is 0 Å². The smallest absolute Gasteiger partial charge is 0.245 e. The molecule has 9 heteroatoms. The SMILES string of the molecule is CC(C)CNC1CNCC(C(=O)N[C@H](C(=O)N[C@@H](CCCN)C(=O)C(C)C)[C@H](C)O)C1. The molecule has 180 valence electrons. The maximum atomic E-state index is 12.8. The molecular weight excluding hydrogens is 398 g/mol. The van der Waals surface area contributed by atoms with E-state index in [1.807, 2.05) is 0 Å². The summed E-state index contributed by atoms with van der Waals surface area (Å²) < 4.78 is 0. The van der Waals surface area contributed by atoms with Gasteiger partial charge < -0.3 is 32.1 Å². The average molecular weight is 442 g/mol. The maximum Gasteiger partial charge on any atom is 0.245 e. The van der Waals surface area contributed by atoms with E-state index >= 15 is 0 Å². The van der Waals surface area contributed by atoms with E-state index in [4.69, 9.17) is 5.73 Å². The van der Waals surface area contributed by atoms with Crippen molar-refractivity contribution in [2.45, 2.75) is 78.1 Å². The normalized spacial score (nSPS) is 22.1. The molecule has 7 N–H and O–H groups in total. The fourth-order valence-electron chi connectivity index (χ4n) is 3.65. The van der Waals surface area contributed by atoms with Gasteiger partial charge >= 0.3 is 0 Å². The molecule has 0 saturated carbocycles. The van der Waals surface area contributed by atoms with E-state index in [0.717, 1.165) is 13.1 Å². The number of aliphatic hydroxyl groups excluding tert-OH is 1. The Labute approximate surface area is 186 Å². The lowest BCUT2D eigenvalue weighted by molar-refractivity contribution is -0.136. The quantitative estimate of drug-likeness (QED) is 0.226. The Morgan fingerprint density at radius 1 is 1.10 bits per heavy atom. The minimum absolute atomic E-state index is 0.0898. The van der Waals surface area contributed by atoms with Gasteiger partial charge in [-0.25, -0.2) is 0 Å². The standard InChI is InChI=1S/C22H43N5O4/c1-13(2)10-25-17-9-16(11-24-12-17)21(30)27-19(15(5)28)22(31)26-18(7-6-8-23)20(29)14(3)4/h13-19,24-25,28H,6-12,23H2,1-5H3,(H,26,31)(H,27,30)/t15-,16?,17?,18-,19-/m0/s1. The van der Waals surface area contributed by atoms with Gasteiger partial charge in [-0.3, -0.25) is 14.4 Å². The molecule has 0 aromatic heterocycles. The predicted octanol–water partition coefficient (Wildman–Crippen LogP) is -0.475. The van der Waals surface area contributed by atoms with Crippen LogP contribution in [-0.2, 0) is 14.4 Å². The van der Waals surface area contributed by atoms with Crippen molar-refractivity contribution in [3.05, 3.63) is 0 Å². The lowest BCUT2D eigenvalue weighted by Gasteiger charge is -2.32. The van der Waals surface area contributed by atoms with E-state index in [2.05, 4.69) is 35.1 Å². The Hall–Kier alpha value is -1.55. The van der Waals surface area contributed by atoms with Crippen molar-refractivity contribution in [1.82, 2.24) is 21.3 Å². The summed E-state index contributed by atoms with van der Waals surface area (Å²) >= 11 is 0. The number of hydrogen-bond donors (Lipinski definition) is 6. The number of nitrogens with one attached hydrogen (secondary N) is 4. The second kappa shape index (κ2) is 13.8. The van der Waals surface area contributed by atoms with Gasteiger partial charge in [0, 0.05) is 25.0 Å². The van der Waals surface area contributed by atoms with E-state index in [1.54, 1.807) is 13.8 Å².